The molecule has 0 saturated carbocycles. The van der Waals surface area contributed by atoms with Crippen molar-refractivity contribution in [3.8, 4) is 5.75 Å². The van der Waals surface area contributed by atoms with E-state index < -0.39 is 0 Å². The molecule has 0 aliphatic carbocycles. The lowest BCUT2D eigenvalue weighted by Crippen LogP contribution is -1.98. The first-order chi connectivity index (χ1) is 7.97. The van der Waals surface area contributed by atoms with Gasteiger partial charge in [0.25, 0.3) is 0 Å². The molecule has 3 heteroatoms. The molecule has 17 heavy (non-hydrogen) atoms. The molecule has 0 aromatic heterocycles. The summed E-state index contributed by atoms with van der Waals surface area (Å²) in [6.45, 7) is 9.40. The molecule has 0 heterocycles. The fraction of sp³-hybridized carbons (Fsp3) is 0.286. The molecular weight excluding hydrogens is 214 g/mol. The zero-order valence-corrected chi connectivity index (χ0v) is 10.8. The third-order valence-electron chi connectivity index (χ3n) is 2.51. The number of rotatable bonds is 4. The normalized spacial score (nSPS) is 11.8. The van der Waals surface area contributed by atoms with Gasteiger partial charge in [-0.1, -0.05) is 18.7 Å². The van der Waals surface area contributed by atoms with Crippen LogP contribution < -0.4 is 10.5 Å². The summed E-state index contributed by atoms with van der Waals surface area (Å²) in [6, 6.07) is 5.66. The predicted octanol–water partition coefficient (Wildman–Crippen LogP) is 3.58. The third kappa shape index (κ3) is 3.03. The summed E-state index contributed by atoms with van der Waals surface area (Å²) in [5.41, 5.74) is 8.40. The van der Waals surface area contributed by atoms with Gasteiger partial charge in [0.05, 0.1) is 18.6 Å². The van der Waals surface area contributed by atoms with E-state index in [1.165, 1.54) is 0 Å². The highest BCUT2D eigenvalue weighted by Gasteiger charge is 2.11. The molecule has 0 aliphatic heterocycles. The molecule has 1 rings (SSSR count). The van der Waals surface area contributed by atoms with Crippen LogP contribution in [-0.4, -0.2) is 7.11 Å². The van der Waals surface area contributed by atoms with Crippen LogP contribution in [0.3, 0.4) is 0 Å². The van der Waals surface area contributed by atoms with Crippen molar-refractivity contribution in [3.05, 3.63) is 41.9 Å². The number of allylic oxidation sites excluding steroid dienone is 3. The van der Waals surface area contributed by atoms with Gasteiger partial charge in [-0.25, -0.2) is 0 Å². The van der Waals surface area contributed by atoms with Gasteiger partial charge < -0.3 is 15.2 Å². The zero-order chi connectivity index (χ0) is 13.0. The molecule has 0 radical (unpaired) electrons. The number of benzene rings is 1. The molecule has 0 spiro atoms. The van der Waals surface area contributed by atoms with Crippen molar-refractivity contribution in [1.82, 2.24) is 0 Å². The Morgan fingerprint density at radius 2 is 1.88 bits per heavy atom. The van der Waals surface area contributed by atoms with E-state index >= 15 is 0 Å². The van der Waals surface area contributed by atoms with E-state index in [0.29, 0.717) is 17.2 Å². The number of ether oxygens (including phenoxy) is 2. The molecule has 1 aromatic carbocycles. The van der Waals surface area contributed by atoms with E-state index in [-0.39, 0.29) is 0 Å². The van der Waals surface area contributed by atoms with Gasteiger partial charge in [-0.2, -0.15) is 0 Å². The molecule has 0 amide bonds. The summed E-state index contributed by atoms with van der Waals surface area (Å²) in [4.78, 5) is 0. The highest BCUT2D eigenvalue weighted by atomic mass is 16.5. The Morgan fingerprint density at radius 1 is 1.24 bits per heavy atom. The molecule has 0 fully saturated rings. The van der Waals surface area contributed by atoms with Crippen molar-refractivity contribution in [3.63, 3.8) is 0 Å². The van der Waals surface area contributed by atoms with Gasteiger partial charge in [-0.3, -0.25) is 0 Å². The Labute approximate surface area is 103 Å². The number of nitrogens with two attached hydrogens (primary N) is 1. The van der Waals surface area contributed by atoms with Crippen molar-refractivity contribution < 1.29 is 9.47 Å². The van der Waals surface area contributed by atoms with Crippen LogP contribution in [0.4, 0.5) is 5.69 Å². The van der Waals surface area contributed by atoms with Gasteiger partial charge >= 0.3 is 0 Å². The average molecular weight is 233 g/mol. The summed E-state index contributed by atoms with van der Waals surface area (Å²) in [6.07, 6.45) is 0. The maximum absolute atomic E-state index is 5.87. The Kier molecular flexibility index (Phi) is 4.21. The molecule has 92 valence electrons. The monoisotopic (exact) mass is 233 g/mol. The first kappa shape index (κ1) is 13.2. The van der Waals surface area contributed by atoms with Crippen LogP contribution in [0.2, 0.25) is 0 Å². The minimum absolute atomic E-state index is 0.618. The van der Waals surface area contributed by atoms with Gasteiger partial charge in [0.1, 0.15) is 11.5 Å². The molecular formula is C14H19NO2. The number of nitrogen functional groups attached to an aromatic ring is 1. The fourth-order valence-electron chi connectivity index (χ4n) is 1.61. The molecule has 3 nitrogen and oxygen atoms in total. The summed E-state index contributed by atoms with van der Waals surface area (Å²) >= 11 is 0. The lowest BCUT2D eigenvalue weighted by atomic mass is 10.0. The van der Waals surface area contributed by atoms with Crippen LogP contribution in [0.25, 0.3) is 5.57 Å². The van der Waals surface area contributed by atoms with Crippen LogP contribution in [0, 0.1) is 0 Å². The van der Waals surface area contributed by atoms with Crippen molar-refractivity contribution >= 4 is 11.3 Å². The van der Waals surface area contributed by atoms with E-state index in [9.17, 15) is 0 Å². The van der Waals surface area contributed by atoms with E-state index in [1.807, 2.05) is 39.0 Å². The molecule has 0 atom stereocenters. The minimum atomic E-state index is 0.618. The molecule has 0 saturated heterocycles. The smallest absolute Gasteiger partial charge is 0.149 e. The zero-order valence-electron chi connectivity index (χ0n) is 10.8. The quantitative estimate of drug-likeness (QED) is 0.638. The van der Waals surface area contributed by atoms with E-state index in [4.69, 9.17) is 15.2 Å². The number of methoxy groups -OCH3 is 1. The van der Waals surface area contributed by atoms with Gasteiger partial charge in [0.15, 0.2) is 0 Å². The molecule has 0 aliphatic rings. The van der Waals surface area contributed by atoms with Crippen molar-refractivity contribution in [2.24, 2.45) is 0 Å². The summed E-state index contributed by atoms with van der Waals surface area (Å²) in [7, 11) is 1.61. The highest BCUT2D eigenvalue weighted by molar-refractivity contribution is 5.75. The third-order valence-corrected chi connectivity index (χ3v) is 2.51. The maximum Gasteiger partial charge on any atom is 0.149 e. The standard InChI is InChI=1S/C14H19NO2/c1-9(2)17-11(4)10(3)12-7-6-8-13(15)14(12)16-5/h6-8H,1,15H2,2-5H3/b11-10+. The lowest BCUT2D eigenvalue weighted by Gasteiger charge is -2.14. The van der Waals surface area contributed by atoms with Crippen molar-refractivity contribution in [1.29, 1.82) is 0 Å². The number of hydrogen-bond donors (Lipinski definition) is 1. The second-order valence-electron chi connectivity index (χ2n) is 3.91. The predicted molar refractivity (Wildman–Crippen MR) is 71.6 cm³/mol. The molecule has 0 bridgehead atoms. The SMILES string of the molecule is C=C(C)O/C(C)=C(\C)c1cccc(N)c1OC. The van der Waals surface area contributed by atoms with E-state index in [2.05, 4.69) is 6.58 Å². The number of hydrogen-bond acceptors (Lipinski definition) is 3. The summed E-state index contributed by atoms with van der Waals surface area (Å²) in [5, 5.41) is 0. The largest absolute Gasteiger partial charge is 0.494 e. The molecule has 0 unspecified atom stereocenters. The second-order valence-corrected chi connectivity index (χ2v) is 3.91. The summed E-state index contributed by atoms with van der Waals surface area (Å²) in [5.74, 6) is 2.13. The van der Waals surface area contributed by atoms with Crippen LogP contribution in [0.15, 0.2) is 36.3 Å². The molecule has 2 N–H and O–H groups in total. The fourth-order valence-corrected chi connectivity index (χ4v) is 1.61. The second kappa shape index (κ2) is 5.43. The van der Waals surface area contributed by atoms with Gasteiger partial charge in [-0.05, 0) is 32.4 Å². The van der Waals surface area contributed by atoms with E-state index in [0.717, 1.165) is 16.9 Å². The van der Waals surface area contributed by atoms with Crippen LogP contribution in [-0.2, 0) is 4.74 Å². The van der Waals surface area contributed by atoms with Gasteiger partial charge in [0.2, 0.25) is 0 Å². The van der Waals surface area contributed by atoms with Crippen LogP contribution in [0.5, 0.6) is 5.75 Å². The summed E-state index contributed by atoms with van der Waals surface area (Å²) < 4.78 is 10.8. The van der Waals surface area contributed by atoms with Gasteiger partial charge in [0, 0.05) is 5.56 Å². The van der Waals surface area contributed by atoms with Crippen LogP contribution >= 0.6 is 0 Å². The number of anilines is 1. The van der Waals surface area contributed by atoms with Crippen molar-refractivity contribution in [2.45, 2.75) is 20.8 Å². The first-order valence-electron chi connectivity index (χ1n) is 5.41. The Hall–Kier alpha value is -1.90. The Balaban J connectivity index is 3.24. The van der Waals surface area contributed by atoms with Crippen LogP contribution in [0.1, 0.15) is 26.3 Å². The molecule has 1 aromatic rings. The minimum Gasteiger partial charge on any atom is -0.494 e. The average Bonchev–Trinajstić information content (AvgIpc) is 2.26. The maximum atomic E-state index is 5.87. The highest BCUT2D eigenvalue weighted by Crippen LogP contribution is 2.33. The lowest BCUT2D eigenvalue weighted by molar-refractivity contribution is 0.313. The topological polar surface area (TPSA) is 44.5 Å². The first-order valence-corrected chi connectivity index (χ1v) is 5.41. The Morgan fingerprint density at radius 3 is 2.41 bits per heavy atom. The Bertz CT molecular complexity index is 461. The van der Waals surface area contributed by atoms with Gasteiger partial charge in [-0.15, -0.1) is 0 Å². The number of para-hydroxylation sites is 1. The van der Waals surface area contributed by atoms with Crippen molar-refractivity contribution in [2.75, 3.05) is 12.8 Å². The van der Waals surface area contributed by atoms with E-state index in [1.54, 1.807) is 7.11 Å².